The summed E-state index contributed by atoms with van der Waals surface area (Å²) in [7, 11) is 0. The third-order valence-electron chi connectivity index (χ3n) is 5.01. The van der Waals surface area contributed by atoms with Crippen LogP contribution in [0.5, 0.6) is 0 Å². The zero-order chi connectivity index (χ0) is 21.4. The van der Waals surface area contributed by atoms with Gasteiger partial charge >= 0.3 is 0 Å². The van der Waals surface area contributed by atoms with Crippen LogP contribution in [0.1, 0.15) is 21.9 Å². The molecule has 0 saturated carbocycles. The SMILES string of the molecule is O=C1CS[C@@H](c2c(Cl)cccc2Cl)N1CCN1C(=O)CS[C@H]1c1c(Cl)cccc1Cl. The molecule has 0 aliphatic carbocycles. The van der Waals surface area contributed by atoms with E-state index < -0.39 is 0 Å². The van der Waals surface area contributed by atoms with Gasteiger partial charge in [0.25, 0.3) is 0 Å². The zero-order valence-corrected chi connectivity index (χ0v) is 20.1. The van der Waals surface area contributed by atoms with Gasteiger partial charge in [0.1, 0.15) is 10.7 Å². The molecule has 2 amide bonds. The molecule has 2 heterocycles. The first-order valence-electron chi connectivity index (χ1n) is 9.08. The van der Waals surface area contributed by atoms with Gasteiger partial charge in [-0.05, 0) is 24.3 Å². The van der Waals surface area contributed by atoms with Crippen molar-refractivity contribution in [2.75, 3.05) is 24.6 Å². The van der Waals surface area contributed by atoms with E-state index in [1.807, 2.05) is 0 Å². The molecule has 0 unspecified atom stereocenters. The fourth-order valence-corrected chi connectivity index (χ4v) is 7.63. The Hall–Kier alpha value is -0.760. The van der Waals surface area contributed by atoms with Crippen molar-refractivity contribution in [3.05, 3.63) is 67.6 Å². The first kappa shape index (κ1) is 22.4. The monoisotopic (exact) mass is 520 g/mol. The van der Waals surface area contributed by atoms with Gasteiger partial charge in [0.15, 0.2) is 0 Å². The van der Waals surface area contributed by atoms with Gasteiger partial charge in [0.2, 0.25) is 11.8 Å². The number of hydrogen-bond acceptors (Lipinski definition) is 4. The molecule has 0 aromatic heterocycles. The van der Waals surface area contributed by atoms with Gasteiger partial charge in [-0.1, -0.05) is 58.5 Å². The number of amides is 2. The van der Waals surface area contributed by atoms with Crippen LogP contribution in [0, 0.1) is 0 Å². The minimum atomic E-state index is -0.286. The highest BCUT2D eigenvalue weighted by molar-refractivity contribution is 8.00. The molecule has 2 atom stereocenters. The van der Waals surface area contributed by atoms with Crippen LogP contribution in [-0.4, -0.2) is 46.2 Å². The Balaban J connectivity index is 1.56. The van der Waals surface area contributed by atoms with Crippen molar-refractivity contribution in [2.45, 2.75) is 10.7 Å². The lowest BCUT2D eigenvalue weighted by atomic mass is 10.2. The lowest BCUT2D eigenvalue weighted by Crippen LogP contribution is -2.39. The van der Waals surface area contributed by atoms with E-state index >= 15 is 0 Å². The molecule has 10 heteroatoms. The van der Waals surface area contributed by atoms with Gasteiger partial charge in [0, 0.05) is 44.3 Å². The van der Waals surface area contributed by atoms with Gasteiger partial charge in [-0.2, -0.15) is 0 Å². The van der Waals surface area contributed by atoms with Crippen LogP contribution in [0.3, 0.4) is 0 Å². The molecular formula is C20H16Cl4N2O2S2. The van der Waals surface area contributed by atoms with Crippen molar-refractivity contribution in [1.82, 2.24) is 9.80 Å². The van der Waals surface area contributed by atoms with Crippen LogP contribution in [-0.2, 0) is 9.59 Å². The topological polar surface area (TPSA) is 40.6 Å². The second kappa shape index (κ2) is 9.39. The second-order valence-electron chi connectivity index (χ2n) is 6.77. The fraction of sp³-hybridized carbons (Fsp3) is 0.300. The summed E-state index contributed by atoms with van der Waals surface area (Å²) in [6, 6.07) is 10.6. The van der Waals surface area contributed by atoms with E-state index in [1.54, 1.807) is 46.2 Å². The highest BCUT2D eigenvalue weighted by Crippen LogP contribution is 2.46. The van der Waals surface area contributed by atoms with Crippen LogP contribution in [0.25, 0.3) is 0 Å². The molecule has 0 N–H and O–H groups in total. The molecule has 4 rings (SSSR count). The molecule has 2 aromatic carbocycles. The summed E-state index contributed by atoms with van der Waals surface area (Å²) in [5.74, 6) is 0.670. The van der Waals surface area contributed by atoms with Crippen molar-refractivity contribution in [3.63, 3.8) is 0 Å². The molecule has 2 saturated heterocycles. The minimum absolute atomic E-state index is 0.00684. The molecule has 30 heavy (non-hydrogen) atoms. The van der Waals surface area contributed by atoms with Gasteiger partial charge in [-0.15, -0.1) is 23.5 Å². The van der Waals surface area contributed by atoms with Crippen molar-refractivity contribution >= 4 is 81.7 Å². The minimum Gasteiger partial charge on any atom is -0.324 e. The quantitative estimate of drug-likeness (QED) is 0.473. The van der Waals surface area contributed by atoms with Crippen LogP contribution in [0.4, 0.5) is 0 Å². The second-order valence-corrected chi connectivity index (χ2v) is 10.5. The van der Waals surface area contributed by atoms with E-state index in [0.717, 1.165) is 11.1 Å². The summed E-state index contributed by atoms with van der Waals surface area (Å²) in [6.07, 6.45) is 0. The number of carbonyl (C=O) groups excluding carboxylic acids is 2. The molecule has 2 aliphatic heterocycles. The highest BCUT2D eigenvalue weighted by atomic mass is 35.5. The zero-order valence-electron chi connectivity index (χ0n) is 15.5. The Labute approximate surface area is 203 Å². The standard InChI is InChI=1S/C20H16Cl4N2O2S2/c21-11-3-1-4-12(22)17(11)19-25(15(27)9-29-19)7-8-26-16(28)10-30-20(26)18-13(23)5-2-6-14(18)24/h1-6,19-20H,7-10H2/t19-,20-/m0/s1. The Kier molecular flexibility index (Phi) is 7.02. The van der Waals surface area contributed by atoms with Crippen LogP contribution in [0.15, 0.2) is 36.4 Å². The molecule has 2 aromatic rings. The molecule has 0 radical (unpaired) electrons. The lowest BCUT2D eigenvalue weighted by Gasteiger charge is -2.30. The normalized spacial score (nSPS) is 21.7. The van der Waals surface area contributed by atoms with Crippen molar-refractivity contribution < 1.29 is 9.59 Å². The van der Waals surface area contributed by atoms with E-state index in [4.69, 9.17) is 46.4 Å². The van der Waals surface area contributed by atoms with E-state index in [-0.39, 0.29) is 22.6 Å². The summed E-state index contributed by atoms with van der Waals surface area (Å²) in [5, 5.41) is 1.51. The number of carbonyl (C=O) groups is 2. The highest BCUT2D eigenvalue weighted by Gasteiger charge is 2.39. The van der Waals surface area contributed by atoms with Crippen LogP contribution in [0.2, 0.25) is 20.1 Å². The summed E-state index contributed by atoms with van der Waals surface area (Å²) in [4.78, 5) is 28.7. The van der Waals surface area contributed by atoms with E-state index in [0.29, 0.717) is 44.7 Å². The average molecular weight is 522 g/mol. The number of rotatable bonds is 5. The van der Waals surface area contributed by atoms with Gasteiger partial charge < -0.3 is 9.80 Å². The van der Waals surface area contributed by atoms with Crippen molar-refractivity contribution in [1.29, 1.82) is 0 Å². The maximum Gasteiger partial charge on any atom is 0.233 e. The maximum absolute atomic E-state index is 12.6. The first-order chi connectivity index (χ1) is 14.4. The first-order valence-corrected chi connectivity index (χ1v) is 12.7. The molecule has 2 aliphatic rings. The maximum atomic E-state index is 12.6. The number of hydrogen-bond donors (Lipinski definition) is 0. The molecule has 2 fully saturated rings. The summed E-state index contributed by atoms with van der Waals surface area (Å²) >= 11 is 28.5. The van der Waals surface area contributed by atoms with E-state index in [2.05, 4.69) is 0 Å². The third kappa shape index (κ3) is 4.27. The number of nitrogens with zero attached hydrogens (tertiary/aromatic N) is 2. The van der Waals surface area contributed by atoms with E-state index in [1.165, 1.54) is 23.5 Å². The smallest absolute Gasteiger partial charge is 0.233 e. The lowest BCUT2D eigenvalue weighted by molar-refractivity contribution is -0.132. The molecule has 4 nitrogen and oxygen atoms in total. The van der Waals surface area contributed by atoms with Gasteiger partial charge in [-0.3, -0.25) is 9.59 Å². The number of halogens is 4. The number of thioether (sulfide) groups is 2. The summed E-state index contributed by atoms with van der Waals surface area (Å²) in [6.45, 7) is 0.728. The fourth-order valence-electron chi connectivity index (χ4n) is 3.58. The van der Waals surface area contributed by atoms with E-state index in [9.17, 15) is 9.59 Å². The van der Waals surface area contributed by atoms with Crippen molar-refractivity contribution in [2.24, 2.45) is 0 Å². The molecule has 158 valence electrons. The Bertz CT molecular complexity index is 887. The van der Waals surface area contributed by atoms with Crippen molar-refractivity contribution in [3.8, 4) is 0 Å². The Morgan fingerprint density at radius 2 is 1.03 bits per heavy atom. The number of benzene rings is 2. The van der Waals surface area contributed by atoms with Gasteiger partial charge in [-0.25, -0.2) is 0 Å². The Morgan fingerprint density at radius 1 is 0.700 bits per heavy atom. The Morgan fingerprint density at radius 3 is 1.37 bits per heavy atom. The largest absolute Gasteiger partial charge is 0.324 e. The summed E-state index contributed by atoms with van der Waals surface area (Å²) < 4.78 is 0. The van der Waals surface area contributed by atoms with Gasteiger partial charge in [0.05, 0.1) is 11.5 Å². The van der Waals surface area contributed by atoms with Crippen LogP contribution >= 0.6 is 69.9 Å². The predicted molar refractivity (Wildman–Crippen MR) is 127 cm³/mol. The average Bonchev–Trinajstić information content (AvgIpc) is 3.23. The molecule has 0 spiro atoms. The predicted octanol–water partition coefficient (Wildman–Crippen LogP) is 6.15. The summed E-state index contributed by atoms with van der Waals surface area (Å²) in [5.41, 5.74) is 1.45. The molecular weight excluding hydrogens is 506 g/mol. The third-order valence-corrected chi connectivity index (χ3v) is 8.77. The van der Waals surface area contributed by atoms with Crippen LogP contribution < -0.4 is 0 Å². The molecule has 0 bridgehead atoms.